The van der Waals surface area contributed by atoms with E-state index in [9.17, 15) is 15.0 Å². The van der Waals surface area contributed by atoms with E-state index in [1.807, 2.05) is 6.08 Å². The summed E-state index contributed by atoms with van der Waals surface area (Å²) < 4.78 is 0. The summed E-state index contributed by atoms with van der Waals surface area (Å²) in [5.41, 5.74) is 0. The fourth-order valence-electron chi connectivity index (χ4n) is 5.11. The monoisotopic (exact) mass is 538 g/mol. The molecule has 4 heteroatoms. The summed E-state index contributed by atoms with van der Waals surface area (Å²) in [6, 6.07) is -0.577. The van der Waals surface area contributed by atoms with Crippen LogP contribution in [0.1, 0.15) is 181 Å². The Balaban J connectivity index is 3.63. The molecule has 0 aliphatic rings. The van der Waals surface area contributed by atoms with E-state index in [-0.39, 0.29) is 12.5 Å². The van der Waals surface area contributed by atoms with Crippen LogP contribution in [-0.2, 0) is 4.79 Å². The summed E-state index contributed by atoms with van der Waals surface area (Å²) in [4.78, 5) is 12.3. The highest BCUT2D eigenvalue weighted by molar-refractivity contribution is 5.76. The van der Waals surface area contributed by atoms with Crippen molar-refractivity contribution in [2.24, 2.45) is 0 Å². The van der Waals surface area contributed by atoms with Crippen molar-refractivity contribution >= 4 is 5.91 Å². The molecule has 0 aromatic carbocycles. The van der Waals surface area contributed by atoms with Crippen LogP contribution in [-0.4, -0.2) is 34.9 Å². The van der Waals surface area contributed by atoms with Crippen molar-refractivity contribution in [1.82, 2.24) is 5.32 Å². The quantitative estimate of drug-likeness (QED) is 0.0631. The Morgan fingerprint density at radius 1 is 0.605 bits per heavy atom. The Labute approximate surface area is 237 Å². The van der Waals surface area contributed by atoms with Crippen LogP contribution >= 0.6 is 0 Å². The minimum atomic E-state index is -0.737. The van der Waals surface area contributed by atoms with Crippen LogP contribution in [0.4, 0.5) is 0 Å². The van der Waals surface area contributed by atoms with Gasteiger partial charge in [-0.3, -0.25) is 4.79 Å². The summed E-state index contributed by atoms with van der Waals surface area (Å²) in [6.45, 7) is 4.31. The predicted molar refractivity (Wildman–Crippen MR) is 166 cm³/mol. The molecule has 4 nitrogen and oxygen atoms in total. The first-order valence-corrected chi connectivity index (χ1v) is 16.9. The van der Waals surface area contributed by atoms with E-state index in [1.54, 1.807) is 0 Å². The van der Waals surface area contributed by atoms with Gasteiger partial charge in [0.1, 0.15) is 0 Å². The minimum absolute atomic E-state index is 0.0551. The van der Waals surface area contributed by atoms with Crippen LogP contribution in [0.2, 0.25) is 0 Å². The molecule has 226 valence electrons. The lowest BCUT2D eigenvalue weighted by atomic mass is 10.0. The molecule has 3 N–H and O–H groups in total. The molecule has 0 aliphatic heterocycles. The van der Waals surface area contributed by atoms with E-state index in [2.05, 4.69) is 25.2 Å². The van der Waals surface area contributed by atoms with Gasteiger partial charge in [-0.05, 0) is 25.7 Å². The van der Waals surface area contributed by atoms with E-state index in [1.165, 1.54) is 135 Å². The summed E-state index contributed by atoms with van der Waals surface area (Å²) in [5.74, 6) is -0.0551. The first-order chi connectivity index (χ1) is 18.7. The van der Waals surface area contributed by atoms with E-state index in [4.69, 9.17) is 0 Å². The Kier molecular flexibility index (Phi) is 30.0. The number of carbonyl (C=O) groups excluding carboxylic acids is 1. The SMILES string of the molecule is CCCCCCCCCCCCC=CC[C@@H](O)[C@H](CO)NC(=O)CCCCCCCCCCCCCCC. The smallest absolute Gasteiger partial charge is 0.220 e. The normalized spacial score (nSPS) is 13.3. The van der Waals surface area contributed by atoms with Gasteiger partial charge in [-0.2, -0.15) is 0 Å². The molecule has 0 saturated carbocycles. The number of rotatable bonds is 30. The maximum atomic E-state index is 12.3. The zero-order valence-electron chi connectivity index (χ0n) is 25.7. The van der Waals surface area contributed by atoms with Crippen LogP contribution in [0, 0.1) is 0 Å². The fourth-order valence-corrected chi connectivity index (χ4v) is 5.11. The summed E-state index contributed by atoms with van der Waals surface area (Å²) in [7, 11) is 0. The molecule has 0 saturated heterocycles. The highest BCUT2D eigenvalue weighted by atomic mass is 16.3. The van der Waals surface area contributed by atoms with Crippen molar-refractivity contribution in [3.63, 3.8) is 0 Å². The lowest BCUT2D eigenvalue weighted by molar-refractivity contribution is -0.123. The average molecular weight is 538 g/mol. The Morgan fingerprint density at radius 3 is 1.42 bits per heavy atom. The molecule has 0 aliphatic carbocycles. The van der Waals surface area contributed by atoms with Crippen molar-refractivity contribution in [1.29, 1.82) is 0 Å². The number of unbranched alkanes of at least 4 members (excludes halogenated alkanes) is 22. The van der Waals surface area contributed by atoms with Gasteiger partial charge in [0.15, 0.2) is 0 Å². The van der Waals surface area contributed by atoms with Gasteiger partial charge in [0.2, 0.25) is 5.91 Å². The van der Waals surface area contributed by atoms with Crippen LogP contribution < -0.4 is 5.32 Å². The second-order valence-corrected chi connectivity index (χ2v) is 11.6. The number of amides is 1. The molecule has 0 fully saturated rings. The van der Waals surface area contributed by atoms with Crippen LogP contribution in [0.3, 0.4) is 0 Å². The first-order valence-electron chi connectivity index (χ1n) is 16.9. The Morgan fingerprint density at radius 2 is 1.00 bits per heavy atom. The third-order valence-corrected chi connectivity index (χ3v) is 7.78. The van der Waals surface area contributed by atoms with Gasteiger partial charge < -0.3 is 15.5 Å². The number of nitrogens with one attached hydrogen (secondary N) is 1. The van der Waals surface area contributed by atoms with Crippen molar-refractivity contribution < 1.29 is 15.0 Å². The van der Waals surface area contributed by atoms with Crippen LogP contribution in [0.15, 0.2) is 12.2 Å². The zero-order chi connectivity index (χ0) is 27.9. The van der Waals surface area contributed by atoms with Crippen molar-refractivity contribution in [2.45, 2.75) is 193 Å². The highest BCUT2D eigenvalue weighted by Gasteiger charge is 2.19. The molecule has 0 spiro atoms. The average Bonchev–Trinajstić information content (AvgIpc) is 2.92. The Bertz CT molecular complexity index is 508. The van der Waals surface area contributed by atoms with Crippen molar-refractivity contribution in [2.75, 3.05) is 6.61 Å². The number of hydrogen-bond acceptors (Lipinski definition) is 3. The van der Waals surface area contributed by atoms with E-state index in [0.29, 0.717) is 12.8 Å². The maximum absolute atomic E-state index is 12.3. The topological polar surface area (TPSA) is 69.6 Å². The molecule has 0 radical (unpaired) electrons. The predicted octanol–water partition coefficient (Wildman–Crippen LogP) is 9.56. The third kappa shape index (κ3) is 26.7. The molecule has 1 amide bonds. The van der Waals surface area contributed by atoms with Crippen molar-refractivity contribution in [3.8, 4) is 0 Å². The molecule has 38 heavy (non-hydrogen) atoms. The zero-order valence-corrected chi connectivity index (χ0v) is 25.7. The number of carbonyl (C=O) groups is 1. The highest BCUT2D eigenvalue weighted by Crippen LogP contribution is 2.14. The maximum Gasteiger partial charge on any atom is 0.220 e. The molecule has 0 unspecified atom stereocenters. The number of aliphatic hydroxyl groups is 2. The second-order valence-electron chi connectivity index (χ2n) is 11.6. The number of aliphatic hydroxyl groups excluding tert-OH is 2. The summed E-state index contributed by atoms with van der Waals surface area (Å²) in [5, 5.41) is 22.9. The van der Waals surface area contributed by atoms with Gasteiger partial charge in [-0.1, -0.05) is 161 Å². The van der Waals surface area contributed by atoms with Gasteiger partial charge in [-0.15, -0.1) is 0 Å². The molecule has 2 atom stereocenters. The number of allylic oxidation sites excluding steroid dienone is 1. The fraction of sp³-hybridized carbons (Fsp3) is 0.912. The number of hydrogen-bond donors (Lipinski definition) is 3. The van der Waals surface area contributed by atoms with E-state index < -0.39 is 12.1 Å². The molecular formula is C34H67NO3. The molecule has 0 aromatic rings. The van der Waals surface area contributed by atoms with Gasteiger partial charge in [-0.25, -0.2) is 0 Å². The molecule has 0 heterocycles. The third-order valence-electron chi connectivity index (χ3n) is 7.78. The van der Waals surface area contributed by atoms with Gasteiger partial charge in [0, 0.05) is 6.42 Å². The summed E-state index contributed by atoms with van der Waals surface area (Å²) in [6.07, 6.45) is 35.5. The Hall–Kier alpha value is -0.870. The molecule has 0 bridgehead atoms. The summed E-state index contributed by atoms with van der Waals surface area (Å²) >= 11 is 0. The van der Waals surface area contributed by atoms with Crippen LogP contribution in [0.5, 0.6) is 0 Å². The standard InChI is InChI=1S/C34H67NO3/c1-3-5-7-9-11-13-15-17-19-21-23-25-27-29-33(37)32(31-36)35-34(38)30-28-26-24-22-20-18-16-14-12-10-8-6-4-2/h25,27,32-33,36-37H,3-24,26,28-31H2,1-2H3,(H,35,38)/t32-,33+/m0/s1. The molecular weight excluding hydrogens is 470 g/mol. The second kappa shape index (κ2) is 30.7. The molecule has 0 aromatic heterocycles. The van der Waals surface area contributed by atoms with E-state index in [0.717, 1.165) is 19.3 Å². The first kappa shape index (κ1) is 37.1. The van der Waals surface area contributed by atoms with E-state index >= 15 is 0 Å². The largest absolute Gasteiger partial charge is 0.394 e. The lowest BCUT2D eigenvalue weighted by Gasteiger charge is -2.21. The van der Waals surface area contributed by atoms with Gasteiger partial charge in [0.05, 0.1) is 18.8 Å². The van der Waals surface area contributed by atoms with Gasteiger partial charge >= 0.3 is 0 Å². The van der Waals surface area contributed by atoms with Crippen LogP contribution in [0.25, 0.3) is 0 Å². The van der Waals surface area contributed by atoms with Crippen molar-refractivity contribution in [3.05, 3.63) is 12.2 Å². The molecule has 0 rings (SSSR count). The lowest BCUT2D eigenvalue weighted by Crippen LogP contribution is -2.45. The van der Waals surface area contributed by atoms with Gasteiger partial charge in [0.25, 0.3) is 0 Å². The minimum Gasteiger partial charge on any atom is -0.394 e.